The number of hydrogen-bond acceptors (Lipinski definition) is 2. The summed E-state index contributed by atoms with van der Waals surface area (Å²) in [4.78, 5) is 2.43. The summed E-state index contributed by atoms with van der Waals surface area (Å²) in [6.07, 6.45) is 9.73. The summed E-state index contributed by atoms with van der Waals surface area (Å²) in [5.74, 6) is 0.917. The fraction of sp³-hybridized carbons (Fsp3) is 0.379. The van der Waals surface area contributed by atoms with Crippen molar-refractivity contribution in [2.75, 3.05) is 7.05 Å². The first-order valence-electron chi connectivity index (χ1n) is 11.5. The molecule has 1 heterocycles. The van der Waals surface area contributed by atoms with E-state index in [9.17, 15) is 0 Å². The van der Waals surface area contributed by atoms with E-state index in [1.165, 1.54) is 16.7 Å². The highest BCUT2D eigenvalue weighted by atomic mass is 16.5. The van der Waals surface area contributed by atoms with Gasteiger partial charge in [-0.2, -0.15) is 0 Å². The lowest BCUT2D eigenvalue weighted by molar-refractivity contribution is 0.206. The maximum atomic E-state index is 6.21. The average molecular weight is 431 g/mol. The molecule has 1 unspecified atom stereocenters. The molecule has 0 radical (unpaired) electrons. The Morgan fingerprint density at radius 1 is 1.03 bits per heavy atom. The highest BCUT2D eigenvalue weighted by Gasteiger charge is 2.20. The molecular formula is C29H38N2O. The predicted molar refractivity (Wildman–Crippen MR) is 135 cm³/mol. The van der Waals surface area contributed by atoms with Crippen LogP contribution in [0.5, 0.6) is 5.75 Å². The molecule has 2 aromatic carbocycles. The van der Waals surface area contributed by atoms with E-state index in [0.717, 1.165) is 24.4 Å². The molecule has 0 aliphatic carbocycles. The van der Waals surface area contributed by atoms with Crippen LogP contribution in [-0.4, -0.2) is 22.6 Å². The van der Waals surface area contributed by atoms with E-state index >= 15 is 0 Å². The maximum Gasteiger partial charge on any atom is 0.120 e. The second-order valence-corrected chi connectivity index (χ2v) is 9.91. The first kappa shape index (κ1) is 23.9. The molecule has 0 N–H and O–H groups in total. The van der Waals surface area contributed by atoms with E-state index in [0.29, 0.717) is 12.6 Å². The fourth-order valence-electron chi connectivity index (χ4n) is 4.00. The lowest BCUT2D eigenvalue weighted by Gasteiger charge is -2.31. The van der Waals surface area contributed by atoms with Gasteiger partial charge in [-0.15, -0.1) is 0 Å². The molecule has 3 heteroatoms. The van der Waals surface area contributed by atoms with E-state index < -0.39 is 0 Å². The topological polar surface area (TPSA) is 17.4 Å². The van der Waals surface area contributed by atoms with E-state index in [-0.39, 0.29) is 5.41 Å². The summed E-state index contributed by atoms with van der Waals surface area (Å²) >= 11 is 0. The standard InChI is InChI=1S/C29H38N2O/c1-7-11-27(20-29(3,4)5)30(6)21-24-12-10-13-28(18-24)32-22-25-19-26(15-14-23(25)2)31-16-8-9-17-31/h7-19,27H,20-22H2,1-6H3/b11-7+. The highest BCUT2D eigenvalue weighted by Crippen LogP contribution is 2.25. The van der Waals surface area contributed by atoms with Gasteiger partial charge in [0.05, 0.1) is 0 Å². The summed E-state index contributed by atoms with van der Waals surface area (Å²) in [6, 6.07) is 19.5. The molecule has 0 aliphatic heterocycles. The Kier molecular flexibility index (Phi) is 7.98. The summed E-state index contributed by atoms with van der Waals surface area (Å²) in [6.45, 7) is 12.6. The Balaban J connectivity index is 1.67. The van der Waals surface area contributed by atoms with Gasteiger partial charge in [-0.25, -0.2) is 0 Å². The molecule has 0 aliphatic rings. The molecule has 0 fully saturated rings. The molecular weight excluding hydrogens is 392 g/mol. The SMILES string of the molecule is C/C=C/C(CC(C)(C)C)N(C)Cc1cccc(OCc2cc(-n3cccc3)ccc2C)c1. The van der Waals surface area contributed by atoms with Gasteiger partial charge < -0.3 is 9.30 Å². The molecule has 0 bridgehead atoms. The van der Waals surface area contributed by atoms with Crippen LogP contribution in [0.25, 0.3) is 5.69 Å². The van der Waals surface area contributed by atoms with Crippen LogP contribution in [0.3, 0.4) is 0 Å². The zero-order chi connectivity index (χ0) is 23.1. The first-order valence-corrected chi connectivity index (χ1v) is 11.5. The Hall–Kier alpha value is -2.78. The van der Waals surface area contributed by atoms with Gasteiger partial charge in [-0.05, 0) is 85.8 Å². The minimum atomic E-state index is 0.288. The number of benzene rings is 2. The number of allylic oxidation sites excluding steroid dienone is 1. The molecule has 3 aromatic rings. The summed E-state index contributed by atoms with van der Waals surface area (Å²) in [5, 5.41) is 0. The second-order valence-electron chi connectivity index (χ2n) is 9.91. The first-order chi connectivity index (χ1) is 15.2. The van der Waals surface area contributed by atoms with E-state index in [2.05, 4.69) is 112 Å². The van der Waals surface area contributed by atoms with Crippen molar-refractivity contribution < 1.29 is 4.74 Å². The Bertz CT molecular complexity index is 1010. The number of hydrogen-bond donors (Lipinski definition) is 0. The lowest BCUT2D eigenvalue weighted by Crippen LogP contribution is -2.33. The summed E-state index contributed by atoms with van der Waals surface area (Å²) < 4.78 is 8.34. The van der Waals surface area contributed by atoms with Crippen molar-refractivity contribution in [3.8, 4) is 11.4 Å². The summed E-state index contributed by atoms with van der Waals surface area (Å²) in [7, 11) is 2.21. The number of rotatable bonds is 9. The van der Waals surface area contributed by atoms with Crippen LogP contribution >= 0.6 is 0 Å². The molecule has 0 amide bonds. The third kappa shape index (κ3) is 6.86. The fourth-order valence-corrected chi connectivity index (χ4v) is 4.00. The van der Waals surface area contributed by atoms with E-state index in [4.69, 9.17) is 4.74 Å². The molecule has 1 atom stereocenters. The van der Waals surface area contributed by atoms with E-state index in [1.54, 1.807) is 0 Å². The largest absolute Gasteiger partial charge is 0.489 e. The zero-order valence-corrected chi connectivity index (χ0v) is 20.5. The predicted octanol–water partition coefficient (Wildman–Crippen LogP) is 7.18. The second kappa shape index (κ2) is 10.7. The van der Waals surface area contributed by atoms with Crippen molar-refractivity contribution in [2.24, 2.45) is 5.41 Å². The third-order valence-corrected chi connectivity index (χ3v) is 5.76. The molecule has 0 spiro atoms. The van der Waals surface area contributed by atoms with Crippen LogP contribution < -0.4 is 4.74 Å². The molecule has 170 valence electrons. The number of nitrogens with zero attached hydrogens (tertiary/aromatic N) is 2. The van der Waals surface area contributed by atoms with Crippen LogP contribution in [0, 0.1) is 12.3 Å². The van der Waals surface area contributed by atoms with Crippen LogP contribution in [0.4, 0.5) is 0 Å². The summed E-state index contributed by atoms with van der Waals surface area (Å²) in [5.41, 5.74) is 5.16. The van der Waals surface area contributed by atoms with Gasteiger partial charge in [-0.3, -0.25) is 4.90 Å². The monoisotopic (exact) mass is 430 g/mol. The van der Waals surface area contributed by atoms with Gasteiger partial charge in [0, 0.05) is 30.7 Å². The van der Waals surface area contributed by atoms with Gasteiger partial charge in [-0.1, -0.05) is 51.1 Å². The molecule has 3 nitrogen and oxygen atoms in total. The minimum Gasteiger partial charge on any atom is -0.489 e. The van der Waals surface area contributed by atoms with Crippen molar-refractivity contribution in [2.45, 2.75) is 60.2 Å². The molecule has 32 heavy (non-hydrogen) atoms. The van der Waals surface area contributed by atoms with Crippen LogP contribution in [-0.2, 0) is 13.2 Å². The van der Waals surface area contributed by atoms with Crippen LogP contribution in [0.2, 0.25) is 0 Å². The zero-order valence-electron chi connectivity index (χ0n) is 20.5. The number of aromatic nitrogens is 1. The Morgan fingerprint density at radius 3 is 2.47 bits per heavy atom. The number of ether oxygens (including phenoxy) is 1. The van der Waals surface area contributed by atoms with Crippen LogP contribution in [0.15, 0.2) is 79.1 Å². The van der Waals surface area contributed by atoms with Gasteiger partial charge in [0.25, 0.3) is 0 Å². The van der Waals surface area contributed by atoms with Gasteiger partial charge in [0.15, 0.2) is 0 Å². The average Bonchev–Trinajstić information content (AvgIpc) is 3.27. The van der Waals surface area contributed by atoms with Gasteiger partial charge in [0.2, 0.25) is 0 Å². The minimum absolute atomic E-state index is 0.288. The Labute approximate surface area is 194 Å². The quantitative estimate of drug-likeness (QED) is 0.335. The molecule has 1 aromatic heterocycles. The van der Waals surface area contributed by atoms with Crippen molar-refractivity contribution in [1.29, 1.82) is 0 Å². The van der Waals surface area contributed by atoms with Crippen molar-refractivity contribution >= 4 is 0 Å². The molecule has 0 saturated heterocycles. The molecule has 0 saturated carbocycles. The van der Waals surface area contributed by atoms with Crippen molar-refractivity contribution in [3.63, 3.8) is 0 Å². The third-order valence-electron chi connectivity index (χ3n) is 5.76. The van der Waals surface area contributed by atoms with Crippen molar-refractivity contribution in [3.05, 3.63) is 95.8 Å². The number of aryl methyl sites for hydroxylation is 1. The van der Waals surface area contributed by atoms with Crippen LogP contribution in [0.1, 0.15) is 50.8 Å². The Morgan fingerprint density at radius 2 is 1.78 bits per heavy atom. The van der Waals surface area contributed by atoms with E-state index in [1.807, 2.05) is 18.2 Å². The molecule has 3 rings (SSSR count). The number of likely N-dealkylation sites (N-methyl/N-ethyl adjacent to an activating group) is 1. The maximum absolute atomic E-state index is 6.21. The highest BCUT2D eigenvalue weighted by molar-refractivity contribution is 5.41. The smallest absolute Gasteiger partial charge is 0.120 e. The normalized spacial score (nSPS) is 13.1. The lowest BCUT2D eigenvalue weighted by atomic mass is 9.87. The van der Waals surface area contributed by atoms with Gasteiger partial charge in [0.1, 0.15) is 12.4 Å². The van der Waals surface area contributed by atoms with Gasteiger partial charge >= 0.3 is 0 Å². The van der Waals surface area contributed by atoms with Crippen molar-refractivity contribution in [1.82, 2.24) is 9.47 Å².